The number of rotatable bonds is 10. The van der Waals surface area contributed by atoms with Crippen LogP contribution in [0.1, 0.15) is 80.5 Å². The summed E-state index contributed by atoms with van der Waals surface area (Å²) in [6.45, 7) is 16.9. The Morgan fingerprint density at radius 2 is 1.52 bits per heavy atom. The molecule has 3 aromatic carbocycles. The molecule has 0 heterocycles. The first-order chi connectivity index (χ1) is 20.6. The molecule has 3 rings (SSSR count). The summed E-state index contributed by atoms with van der Waals surface area (Å²) >= 11 is 0. The van der Waals surface area contributed by atoms with Crippen LogP contribution in [-0.4, -0.2) is 45.6 Å². The number of phenols is 1. The fraction of sp³-hybridized carbons (Fsp3) is 0.417. The minimum Gasteiger partial charge on any atom is -0.508 e. The highest BCUT2D eigenvalue weighted by atomic mass is 16.6. The van der Waals surface area contributed by atoms with E-state index in [4.69, 9.17) is 4.74 Å². The van der Waals surface area contributed by atoms with Crippen LogP contribution >= 0.6 is 0 Å². The first-order valence-electron chi connectivity index (χ1n) is 15.1. The van der Waals surface area contributed by atoms with Gasteiger partial charge in [0, 0.05) is 18.2 Å². The number of alkyl carbamates (subject to hydrolysis) is 1. The number of ether oxygens (including phenoxy) is 1. The van der Waals surface area contributed by atoms with Crippen molar-refractivity contribution in [2.45, 2.75) is 98.9 Å². The molecule has 0 aliphatic carbocycles. The molecule has 3 unspecified atom stereocenters. The smallest absolute Gasteiger partial charge is 0.408 e. The Labute approximate surface area is 261 Å². The van der Waals surface area contributed by atoms with Gasteiger partial charge in [-0.15, -0.1) is 0 Å². The van der Waals surface area contributed by atoms with E-state index in [9.17, 15) is 19.5 Å². The zero-order chi connectivity index (χ0) is 32.8. The number of anilines is 1. The number of phenolic OH excluding ortho intramolecular Hbond substituents is 1. The van der Waals surface area contributed by atoms with E-state index in [1.165, 1.54) is 12.1 Å². The molecule has 236 valence electrons. The zero-order valence-electron chi connectivity index (χ0n) is 27.4. The summed E-state index contributed by atoms with van der Waals surface area (Å²) in [6.07, 6.45) is -0.0344. The number of benzene rings is 3. The molecule has 0 aromatic heterocycles. The van der Waals surface area contributed by atoms with Crippen LogP contribution in [0, 0.1) is 27.7 Å². The number of carbonyl (C=O) groups excluding carboxylic acids is 3. The summed E-state index contributed by atoms with van der Waals surface area (Å²) < 4.78 is 5.53. The molecule has 0 radical (unpaired) electrons. The molecule has 0 saturated heterocycles. The highest BCUT2D eigenvalue weighted by Crippen LogP contribution is 2.32. The average Bonchev–Trinajstić information content (AvgIpc) is 2.94. The van der Waals surface area contributed by atoms with E-state index in [0.717, 1.165) is 27.8 Å². The highest BCUT2D eigenvalue weighted by molar-refractivity contribution is 6.00. The summed E-state index contributed by atoms with van der Waals surface area (Å²) in [6, 6.07) is 15.8. The first-order valence-corrected chi connectivity index (χ1v) is 15.1. The fourth-order valence-electron chi connectivity index (χ4n) is 5.17. The fourth-order valence-corrected chi connectivity index (χ4v) is 5.17. The van der Waals surface area contributed by atoms with E-state index in [0.29, 0.717) is 17.7 Å². The summed E-state index contributed by atoms with van der Waals surface area (Å²) in [5, 5.41) is 15.7. The molecule has 8 heteroatoms. The van der Waals surface area contributed by atoms with Crippen molar-refractivity contribution in [1.29, 1.82) is 0 Å². The number of hydrogen-bond donors (Lipinski definition) is 3. The van der Waals surface area contributed by atoms with Crippen LogP contribution in [0.15, 0.2) is 60.7 Å². The summed E-state index contributed by atoms with van der Waals surface area (Å²) in [5.41, 5.74) is 5.02. The van der Waals surface area contributed by atoms with Crippen LogP contribution in [0.2, 0.25) is 0 Å². The van der Waals surface area contributed by atoms with E-state index in [1.54, 1.807) is 37.8 Å². The van der Waals surface area contributed by atoms with Gasteiger partial charge in [0.15, 0.2) is 0 Å². The number of nitrogens with zero attached hydrogens (tertiary/aromatic N) is 1. The van der Waals surface area contributed by atoms with Crippen LogP contribution in [0.4, 0.5) is 10.5 Å². The van der Waals surface area contributed by atoms with Crippen molar-refractivity contribution in [3.05, 3.63) is 94.0 Å². The molecule has 44 heavy (non-hydrogen) atoms. The second-order valence-electron chi connectivity index (χ2n) is 12.6. The van der Waals surface area contributed by atoms with Crippen molar-refractivity contribution < 1.29 is 24.2 Å². The van der Waals surface area contributed by atoms with Gasteiger partial charge < -0.3 is 25.4 Å². The maximum atomic E-state index is 14.7. The number of hydrogen-bond acceptors (Lipinski definition) is 5. The van der Waals surface area contributed by atoms with Crippen molar-refractivity contribution in [2.24, 2.45) is 0 Å². The van der Waals surface area contributed by atoms with Crippen LogP contribution in [0.5, 0.6) is 5.75 Å². The van der Waals surface area contributed by atoms with Crippen molar-refractivity contribution in [2.75, 3.05) is 5.32 Å². The maximum Gasteiger partial charge on any atom is 0.408 e. The Bertz CT molecular complexity index is 1460. The second-order valence-corrected chi connectivity index (χ2v) is 12.6. The van der Waals surface area contributed by atoms with Gasteiger partial charge in [0.25, 0.3) is 5.91 Å². The minimum atomic E-state index is -1.05. The number of para-hydroxylation sites is 1. The van der Waals surface area contributed by atoms with Crippen molar-refractivity contribution in [1.82, 2.24) is 10.2 Å². The van der Waals surface area contributed by atoms with E-state index in [-0.39, 0.29) is 24.1 Å². The predicted molar refractivity (Wildman–Crippen MR) is 175 cm³/mol. The van der Waals surface area contributed by atoms with Gasteiger partial charge in [0.1, 0.15) is 23.4 Å². The van der Waals surface area contributed by atoms with E-state index in [1.807, 2.05) is 77.9 Å². The normalized spacial score (nSPS) is 13.4. The van der Waals surface area contributed by atoms with E-state index < -0.39 is 29.7 Å². The summed E-state index contributed by atoms with van der Waals surface area (Å²) in [4.78, 5) is 43.8. The molecule has 0 aliphatic rings. The molecular weight excluding hydrogens is 554 g/mol. The lowest BCUT2D eigenvalue weighted by Gasteiger charge is -2.39. The number of aromatic hydroxyl groups is 1. The van der Waals surface area contributed by atoms with Crippen molar-refractivity contribution in [3.63, 3.8) is 0 Å². The van der Waals surface area contributed by atoms with Crippen LogP contribution in [-0.2, 0) is 20.7 Å². The van der Waals surface area contributed by atoms with Gasteiger partial charge in [-0.3, -0.25) is 9.59 Å². The Kier molecular flexibility index (Phi) is 11.2. The maximum absolute atomic E-state index is 14.7. The van der Waals surface area contributed by atoms with Gasteiger partial charge in [0.2, 0.25) is 5.91 Å². The van der Waals surface area contributed by atoms with Crippen molar-refractivity contribution in [3.8, 4) is 5.75 Å². The van der Waals surface area contributed by atoms with E-state index in [2.05, 4.69) is 10.6 Å². The van der Waals surface area contributed by atoms with Gasteiger partial charge in [-0.05, 0) is 102 Å². The lowest BCUT2D eigenvalue weighted by Crippen LogP contribution is -2.55. The zero-order valence-corrected chi connectivity index (χ0v) is 27.4. The molecule has 8 nitrogen and oxygen atoms in total. The average molecular weight is 602 g/mol. The van der Waals surface area contributed by atoms with Gasteiger partial charge in [-0.2, -0.15) is 0 Å². The molecule has 3 amide bonds. The number of nitrogens with one attached hydrogen (secondary N) is 2. The Morgan fingerprint density at radius 3 is 2.09 bits per heavy atom. The van der Waals surface area contributed by atoms with Crippen molar-refractivity contribution >= 4 is 23.6 Å². The molecule has 3 atom stereocenters. The standard InChI is InChI=1S/C36H47N3O5/c1-10-26(6)39(34(42)30(37-35(43)44-36(7,8)9)21-27-16-18-28(40)19-17-27)32(29-20-22(2)14-15-23(29)3)33(41)38-31-24(4)12-11-13-25(31)5/h11-20,26,30,32,40H,10,21H2,1-9H3,(H,37,43)(H,38,41). The van der Waals surface area contributed by atoms with Gasteiger partial charge in [0.05, 0.1) is 0 Å². The van der Waals surface area contributed by atoms with Gasteiger partial charge in [-0.25, -0.2) is 4.79 Å². The summed E-state index contributed by atoms with van der Waals surface area (Å²) in [7, 11) is 0. The van der Waals surface area contributed by atoms with E-state index >= 15 is 0 Å². The lowest BCUT2D eigenvalue weighted by atomic mass is 9.93. The third-order valence-electron chi connectivity index (χ3n) is 7.67. The topological polar surface area (TPSA) is 108 Å². The monoisotopic (exact) mass is 601 g/mol. The predicted octanol–water partition coefficient (Wildman–Crippen LogP) is 7.07. The Morgan fingerprint density at radius 1 is 0.909 bits per heavy atom. The molecule has 3 aromatic rings. The Balaban J connectivity index is 2.16. The SMILES string of the molecule is CCC(C)N(C(=O)C(Cc1ccc(O)cc1)NC(=O)OC(C)(C)C)C(C(=O)Nc1c(C)cccc1C)c1cc(C)ccc1C. The Hall–Kier alpha value is -4.33. The van der Waals surface area contributed by atoms with Crippen LogP contribution < -0.4 is 10.6 Å². The number of aryl methyl sites for hydroxylation is 4. The summed E-state index contributed by atoms with van der Waals surface area (Å²) in [5.74, 6) is -0.664. The lowest BCUT2D eigenvalue weighted by molar-refractivity contribution is -0.143. The third kappa shape index (κ3) is 8.85. The molecule has 0 fully saturated rings. The van der Waals surface area contributed by atoms with Gasteiger partial charge >= 0.3 is 6.09 Å². The van der Waals surface area contributed by atoms with Gasteiger partial charge in [-0.1, -0.05) is 61.0 Å². The molecule has 0 saturated carbocycles. The minimum absolute atomic E-state index is 0.0936. The molecule has 0 bridgehead atoms. The third-order valence-corrected chi connectivity index (χ3v) is 7.67. The molecular formula is C36H47N3O5. The molecule has 0 spiro atoms. The number of carbonyl (C=O) groups is 3. The first kappa shape index (κ1) is 34.2. The van der Waals surface area contributed by atoms with Crippen LogP contribution in [0.3, 0.4) is 0 Å². The molecule has 0 aliphatic heterocycles. The molecule has 3 N–H and O–H groups in total. The highest BCUT2D eigenvalue weighted by Gasteiger charge is 2.39. The second kappa shape index (κ2) is 14.4. The number of amides is 3. The largest absolute Gasteiger partial charge is 0.508 e. The van der Waals surface area contributed by atoms with Crippen LogP contribution in [0.25, 0.3) is 0 Å². The quantitative estimate of drug-likeness (QED) is 0.230.